The number of carboxylic acids is 2. The first kappa shape index (κ1) is 37.3. The second-order valence-electron chi connectivity index (χ2n) is 9.57. The maximum Gasteiger partial charge on any atom is 1.00 e. The molecule has 4 aromatic rings. The van der Waals surface area contributed by atoms with Crippen LogP contribution in [0.15, 0.2) is 54.7 Å². The SMILES string of the molecule is CN(Cc1cnc2nc(N)nc(N)c2n1)c1ccc(C(=O)N(C)c2ccc(C(=O)N[C@@H](CCC(=O)[O-])C(=O)[O-])cc2)cc1.[Na+].[Na+]. The molecule has 0 saturated carbocycles. The van der Waals surface area contributed by atoms with Crippen LogP contribution < -0.4 is 95.9 Å². The van der Waals surface area contributed by atoms with E-state index in [-0.39, 0.29) is 88.8 Å². The van der Waals surface area contributed by atoms with E-state index in [0.29, 0.717) is 34.7 Å². The van der Waals surface area contributed by atoms with Crippen LogP contribution >= 0.6 is 0 Å². The zero-order valence-corrected chi connectivity index (χ0v) is 29.2. The molecule has 4 rings (SSSR count). The molecule has 0 fully saturated rings. The van der Waals surface area contributed by atoms with Crippen molar-refractivity contribution < 1.29 is 88.5 Å². The minimum absolute atomic E-state index is 0. The average molecular weight is 632 g/mol. The van der Waals surface area contributed by atoms with Crippen LogP contribution in [-0.2, 0) is 16.1 Å². The van der Waals surface area contributed by atoms with Gasteiger partial charge in [-0.3, -0.25) is 9.59 Å². The van der Waals surface area contributed by atoms with Crippen LogP contribution in [0.4, 0.5) is 23.1 Å². The first-order valence-electron chi connectivity index (χ1n) is 12.9. The van der Waals surface area contributed by atoms with Gasteiger partial charge in [0.15, 0.2) is 17.0 Å². The molecule has 17 heteroatoms. The molecule has 45 heavy (non-hydrogen) atoms. The van der Waals surface area contributed by atoms with Gasteiger partial charge in [-0.2, -0.15) is 9.97 Å². The Balaban J connectivity index is 0.00000353. The van der Waals surface area contributed by atoms with E-state index in [1.54, 1.807) is 37.5 Å². The number of hydrogen-bond acceptors (Lipinski definition) is 13. The van der Waals surface area contributed by atoms with Crippen molar-refractivity contribution in [3.05, 3.63) is 71.5 Å². The van der Waals surface area contributed by atoms with Gasteiger partial charge < -0.3 is 46.4 Å². The number of hydrogen-bond donors (Lipinski definition) is 3. The summed E-state index contributed by atoms with van der Waals surface area (Å²) >= 11 is 0. The van der Waals surface area contributed by atoms with Crippen LogP contribution in [0.3, 0.4) is 0 Å². The van der Waals surface area contributed by atoms with Gasteiger partial charge in [0.25, 0.3) is 11.8 Å². The molecule has 0 unspecified atom stereocenters. The second kappa shape index (κ2) is 16.5. The minimum atomic E-state index is -1.61. The first-order chi connectivity index (χ1) is 20.4. The third kappa shape index (κ3) is 9.56. The molecule has 0 bridgehead atoms. The van der Waals surface area contributed by atoms with Crippen LogP contribution in [0, 0.1) is 0 Å². The van der Waals surface area contributed by atoms with Crippen LogP contribution in [0.5, 0.6) is 0 Å². The number of anilines is 4. The predicted molar refractivity (Wildman–Crippen MR) is 152 cm³/mol. The second-order valence-corrected chi connectivity index (χ2v) is 9.57. The third-order valence-corrected chi connectivity index (χ3v) is 6.50. The summed E-state index contributed by atoms with van der Waals surface area (Å²) in [5.74, 6) is -3.93. The number of nitrogens with two attached hydrogens (primary N) is 2. The van der Waals surface area contributed by atoms with Crippen molar-refractivity contribution >= 4 is 58.1 Å². The van der Waals surface area contributed by atoms with E-state index < -0.39 is 30.3 Å². The number of carboxylic acid groups (broad SMARTS) is 2. The number of fused-ring (bicyclic) bond motifs is 1. The molecule has 0 aliphatic heterocycles. The number of nitrogens with one attached hydrogen (secondary N) is 1. The number of benzene rings is 2. The smallest absolute Gasteiger partial charge is 0.550 e. The van der Waals surface area contributed by atoms with Crippen molar-refractivity contribution in [2.45, 2.75) is 25.4 Å². The van der Waals surface area contributed by atoms with Crippen molar-refractivity contribution in [1.29, 1.82) is 0 Å². The van der Waals surface area contributed by atoms with Gasteiger partial charge in [0.05, 0.1) is 30.4 Å². The van der Waals surface area contributed by atoms with Crippen LogP contribution in [0.2, 0.25) is 0 Å². The number of rotatable bonds is 11. The Bertz CT molecular complexity index is 1690. The van der Waals surface area contributed by atoms with Gasteiger partial charge in [0, 0.05) is 42.6 Å². The fourth-order valence-electron chi connectivity index (χ4n) is 4.15. The number of aromatic nitrogens is 4. The average Bonchev–Trinajstić information content (AvgIpc) is 2.98. The van der Waals surface area contributed by atoms with Crippen LogP contribution in [0.1, 0.15) is 39.3 Å². The molecule has 0 saturated heterocycles. The van der Waals surface area contributed by atoms with Gasteiger partial charge in [-0.05, 0) is 61.4 Å². The zero-order valence-electron chi connectivity index (χ0n) is 25.2. The molecule has 0 aliphatic rings. The maximum absolute atomic E-state index is 13.1. The van der Waals surface area contributed by atoms with E-state index in [1.807, 2.05) is 11.9 Å². The molecular formula is C28H27N9Na2O6. The summed E-state index contributed by atoms with van der Waals surface area (Å²) in [5, 5.41) is 24.1. The molecule has 15 nitrogen and oxygen atoms in total. The molecule has 0 aliphatic carbocycles. The number of carbonyl (C=O) groups is 4. The zero-order chi connectivity index (χ0) is 31.3. The Morgan fingerprint density at radius 1 is 0.867 bits per heavy atom. The molecule has 222 valence electrons. The van der Waals surface area contributed by atoms with Crippen molar-refractivity contribution in [1.82, 2.24) is 25.3 Å². The molecule has 2 aromatic heterocycles. The number of nitrogen functional groups attached to an aromatic ring is 2. The Kier molecular flexibility index (Phi) is 13.6. The summed E-state index contributed by atoms with van der Waals surface area (Å²) in [4.78, 5) is 67.4. The topological polar surface area (TPSA) is 237 Å². The van der Waals surface area contributed by atoms with E-state index >= 15 is 0 Å². The van der Waals surface area contributed by atoms with Gasteiger partial charge in [-0.25, -0.2) is 9.97 Å². The molecule has 0 spiro atoms. The fourth-order valence-corrected chi connectivity index (χ4v) is 4.15. The minimum Gasteiger partial charge on any atom is -0.550 e. The van der Waals surface area contributed by atoms with Crippen LogP contribution in [0.25, 0.3) is 11.2 Å². The van der Waals surface area contributed by atoms with Gasteiger partial charge >= 0.3 is 59.1 Å². The van der Waals surface area contributed by atoms with E-state index in [4.69, 9.17) is 11.5 Å². The summed E-state index contributed by atoms with van der Waals surface area (Å²) in [6.07, 6.45) is 0.645. The standard InChI is InChI=1S/C28H29N9O6.2Na/c1-36(14-17-13-31-24-22(32-17)23(29)34-28(30)35-24)18-7-5-16(6-8-18)26(41)37(2)19-9-3-15(4-10-19)25(40)33-20(27(42)43)11-12-21(38)39;;/h3-10,13,20H,11-12,14H2,1-2H3,(H,33,40)(H,38,39)(H,42,43)(H4,29,30,31,34,35);;/q;2*+1/p-2/t20-;;/m0../s1. The van der Waals surface area contributed by atoms with E-state index in [1.165, 1.54) is 29.2 Å². The summed E-state index contributed by atoms with van der Waals surface area (Å²) in [7, 11) is 3.43. The normalized spacial score (nSPS) is 11.0. The van der Waals surface area contributed by atoms with Gasteiger partial charge in [-0.15, -0.1) is 0 Å². The molecule has 2 amide bonds. The molecule has 2 aromatic carbocycles. The predicted octanol–water partition coefficient (Wildman–Crippen LogP) is -7.12. The monoisotopic (exact) mass is 631 g/mol. The maximum atomic E-state index is 13.1. The first-order valence-corrected chi connectivity index (χ1v) is 12.9. The van der Waals surface area contributed by atoms with Crippen molar-refractivity contribution in [3.63, 3.8) is 0 Å². The van der Waals surface area contributed by atoms with Crippen LogP contribution in [-0.4, -0.2) is 63.8 Å². The number of nitrogens with zero attached hydrogens (tertiary/aromatic N) is 6. The summed E-state index contributed by atoms with van der Waals surface area (Å²) < 4.78 is 0. The third-order valence-electron chi connectivity index (χ3n) is 6.50. The number of aliphatic carboxylic acids is 2. The van der Waals surface area contributed by atoms with Gasteiger partial charge in [-0.1, -0.05) is 0 Å². The molecule has 5 N–H and O–H groups in total. The molecule has 0 radical (unpaired) electrons. The van der Waals surface area contributed by atoms with E-state index in [2.05, 4.69) is 25.3 Å². The summed E-state index contributed by atoms with van der Waals surface area (Å²) in [6, 6.07) is 11.3. The van der Waals surface area contributed by atoms with E-state index in [0.717, 1.165) is 5.69 Å². The molecular weight excluding hydrogens is 604 g/mol. The largest absolute Gasteiger partial charge is 1.00 e. The number of amides is 2. The number of carbonyl (C=O) groups excluding carboxylic acids is 4. The van der Waals surface area contributed by atoms with E-state index in [9.17, 15) is 29.4 Å². The molecule has 2 heterocycles. The Labute approximate surface area is 302 Å². The Hall–Kier alpha value is -3.86. The quantitative estimate of drug-likeness (QED) is 0.131. The van der Waals surface area contributed by atoms with Crippen molar-refractivity contribution in [2.75, 3.05) is 35.4 Å². The van der Waals surface area contributed by atoms with Crippen molar-refractivity contribution in [3.8, 4) is 0 Å². The fraction of sp³-hybridized carbons (Fsp3) is 0.214. The Morgan fingerprint density at radius 2 is 1.47 bits per heavy atom. The Morgan fingerprint density at radius 3 is 2.07 bits per heavy atom. The van der Waals surface area contributed by atoms with Gasteiger partial charge in [0.1, 0.15) is 0 Å². The summed E-state index contributed by atoms with van der Waals surface area (Å²) in [6.45, 7) is 0.389. The molecule has 1 atom stereocenters. The summed E-state index contributed by atoms with van der Waals surface area (Å²) in [5.41, 5.74) is 14.6. The van der Waals surface area contributed by atoms with Crippen molar-refractivity contribution in [2.24, 2.45) is 0 Å². The van der Waals surface area contributed by atoms with Gasteiger partial charge in [0.2, 0.25) is 5.95 Å².